The summed E-state index contributed by atoms with van der Waals surface area (Å²) in [5.41, 5.74) is 2.43. The van der Waals surface area contributed by atoms with Gasteiger partial charge in [0.2, 0.25) is 5.82 Å². The van der Waals surface area contributed by atoms with Gasteiger partial charge in [0, 0.05) is 7.05 Å². The largest absolute Gasteiger partial charge is 0.326 e. The van der Waals surface area contributed by atoms with E-state index < -0.39 is 5.91 Å². The van der Waals surface area contributed by atoms with Gasteiger partial charge in [0.05, 0.1) is 21.6 Å². The molecule has 0 spiro atoms. The van der Waals surface area contributed by atoms with Crippen LogP contribution >= 0.6 is 11.6 Å². The molecule has 0 aliphatic carbocycles. The highest BCUT2D eigenvalue weighted by molar-refractivity contribution is 6.34. The van der Waals surface area contributed by atoms with E-state index in [1.807, 2.05) is 35.9 Å². The lowest BCUT2D eigenvalue weighted by Gasteiger charge is -2.05. The van der Waals surface area contributed by atoms with Crippen molar-refractivity contribution in [1.29, 1.82) is 0 Å². The fourth-order valence-corrected chi connectivity index (χ4v) is 2.82. The Morgan fingerprint density at radius 1 is 1.12 bits per heavy atom. The minimum Gasteiger partial charge on any atom is -0.326 e. The van der Waals surface area contributed by atoms with Crippen molar-refractivity contribution in [1.82, 2.24) is 19.9 Å². The van der Waals surface area contributed by atoms with Crippen LogP contribution in [0.5, 0.6) is 0 Å². The van der Waals surface area contributed by atoms with E-state index in [1.54, 1.807) is 24.3 Å². The number of halogens is 1. The van der Waals surface area contributed by atoms with Gasteiger partial charge in [-0.2, -0.15) is 0 Å². The first-order valence-electron chi connectivity index (χ1n) is 7.45. The number of imidazole rings is 1. The predicted octanol–water partition coefficient (Wildman–Crippen LogP) is 3.53. The number of anilines is 1. The van der Waals surface area contributed by atoms with Crippen LogP contribution in [-0.4, -0.2) is 25.8 Å². The Morgan fingerprint density at radius 2 is 1.88 bits per heavy atom. The van der Waals surface area contributed by atoms with Crippen molar-refractivity contribution in [2.75, 3.05) is 5.32 Å². The van der Waals surface area contributed by atoms with Gasteiger partial charge in [-0.25, -0.2) is 9.61 Å². The van der Waals surface area contributed by atoms with E-state index in [2.05, 4.69) is 20.6 Å². The number of aryl methyl sites for hydroxylation is 1. The second kappa shape index (κ2) is 6.03. The Hall–Kier alpha value is -3.19. The maximum Gasteiger partial charge on any atom is 0.258 e. The molecule has 0 atom stereocenters. The average Bonchev–Trinajstić information content (AvgIpc) is 3.20. The average molecular weight is 354 g/mol. The number of aromatic nitrogens is 4. The zero-order valence-electron chi connectivity index (χ0n) is 13.1. The number of benzene rings is 2. The molecule has 0 fully saturated rings. The van der Waals surface area contributed by atoms with Crippen molar-refractivity contribution in [2.24, 2.45) is 7.05 Å². The molecule has 0 aliphatic heterocycles. The number of para-hydroxylation sites is 2. The molecule has 0 radical (unpaired) electrons. The van der Waals surface area contributed by atoms with Crippen LogP contribution in [-0.2, 0) is 7.05 Å². The first-order chi connectivity index (χ1) is 12.1. The molecular weight excluding hydrogens is 342 g/mol. The highest BCUT2D eigenvalue weighted by Gasteiger charge is 2.21. The summed E-state index contributed by atoms with van der Waals surface area (Å²) < 4.78 is 6.68. The van der Waals surface area contributed by atoms with Crippen molar-refractivity contribution in [3.63, 3.8) is 0 Å². The van der Waals surface area contributed by atoms with E-state index in [1.165, 1.54) is 0 Å². The van der Waals surface area contributed by atoms with Gasteiger partial charge in [-0.05, 0) is 34.6 Å². The number of fused-ring (bicyclic) bond motifs is 1. The second-order valence-electron chi connectivity index (χ2n) is 5.38. The van der Waals surface area contributed by atoms with Gasteiger partial charge in [0.1, 0.15) is 0 Å². The fourth-order valence-electron chi connectivity index (χ4n) is 2.59. The molecule has 0 bridgehead atoms. The Balaban J connectivity index is 1.72. The summed E-state index contributed by atoms with van der Waals surface area (Å²) in [6.45, 7) is 0. The number of carbonyl (C=O) groups excluding carboxylic acids is 1. The number of rotatable bonds is 3. The number of nitrogens with zero attached hydrogens (tertiary/aromatic N) is 4. The van der Waals surface area contributed by atoms with E-state index in [0.29, 0.717) is 22.1 Å². The number of carbonyl (C=O) groups is 1. The Labute approximate surface area is 147 Å². The molecule has 4 aromatic rings. The molecule has 0 unspecified atom stereocenters. The number of amides is 1. The van der Waals surface area contributed by atoms with Gasteiger partial charge in [-0.3, -0.25) is 4.79 Å². The van der Waals surface area contributed by atoms with Crippen LogP contribution in [0.1, 0.15) is 10.4 Å². The van der Waals surface area contributed by atoms with Crippen molar-refractivity contribution >= 4 is 34.4 Å². The third-order valence-electron chi connectivity index (χ3n) is 3.84. The molecule has 2 heterocycles. The molecular formula is C17H12ClN5O2. The highest BCUT2D eigenvalue weighted by atomic mass is 35.5. The maximum atomic E-state index is 12.4. The number of hydrogen-bond donors (Lipinski definition) is 1. The highest BCUT2D eigenvalue weighted by Crippen LogP contribution is 2.27. The molecule has 1 amide bonds. The molecule has 0 saturated heterocycles. The van der Waals surface area contributed by atoms with Crippen LogP contribution in [0, 0.1) is 0 Å². The van der Waals surface area contributed by atoms with Crippen molar-refractivity contribution in [3.05, 3.63) is 59.1 Å². The van der Waals surface area contributed by atoms with Crippen LogP contribution in [0.2, 0.25) is 5.02 Å². The maximum absolute atomic E-state index is 12.4. The van der Waals surface area contributed by atoms with Crippen LogP contribution < -0.4 is 5.32 Å². The summed E-state index contributed by atoms with van der Waals surface area (Å²) in [6.07, 6.45) is 0. The SMILES string of the molecule is Cn1c(-c2nonc2NC(=O)c2ccccc2Cl)nc2ccccc21. The van der Waals surface area contributed by atoms with Crippen LogP contribution in [0.25, 0.3) is 22.6 Å². The molecule has 7 nitrogen and oxygen atoms in total. The van der Waals surface area contributed by atoms with E-state index in [4.69, 9.17) is 16.2 Å². The van der Waals surface area contributed by atoms with Crippen LogP contribution in [0.3, 0.4) is 0 Å². The Morgan fingerprint density at radius 3 is 2.68 bits per heavy atom. The summed E-state index contributed by atoms with van der Waals surface area (Å²) in [5, 5.41) is 10.7. The van der Waals surface area contributed by atoms with E-state index in [9.17, 15) is 4.79 Å². The van der Waals surface area contributed by atoms with Gasteiger partial charge in [0.15, 0.2) is 11.5 Å². The quantitative estimate of drug-likeness (QED) is 0.609. The Kier molecular flexibility index (Phi) is 3.70. The summed E-state index contributed by atoms with van der Waals surface area (Å²) >= 11 is 6.06. The molecule has 4 rings (SSSR count). The Bertz CT molecular complexity index is 1090. The topological polar surface area (TPSA) is 85.8 Å². The van der Waals surface area contributed by atoms with Gasteiger partial charge in [0.25, 0.3) is 5.91 Å². The van der Waals surface area contributed by atoms with Crippen molar-refractivity contribution in [3.8, 4) is 11.5 Å². The van der Waals surface area contributed by atoms with Gasteiger partial charge in [-0.1, -0.05) is 35.9 Å². The molecule has 2 aromatic carbocycles. The molecule has 8 heteroatoms. The van der Waals surface area contributed by atoms with E-state index >= 15 is 0 Å². The van der Waals surface area contributed by atoms with Crippen molar-refractivity contribution in [2.45, 2.75) is 0 Å². The molecule has 0 aliphatic rings. The number of hydrogen-bond acceptors (Lipinski definition) is 5. The van der Waals surface area contributed by atoms with E-state index in [0.717, 1.165) is 11.0 Å². The molecule has 1 N–H and O–H groups in total. The predicted molar refractivity (Wildman–Crippen MR) is 93.4 cm³/mol. The lowest BCUT2D eigenvalue weighted by atomic mass is 10.2. The zero-order valence-corrected chi connectivity index (χ0v) is 13.9. The minimum atomic E-state index is -0.402. The smallest absolute Gasteiger partial charge is 0.258 e. The zero-order chi connectivity index (χ0) is 17.4. The van der Waals surface area contributed by atoms with Gasteiger partial charge in [-0.15, -0.1) is 0 Å². The van der Waals surface area contributed by atoms with Crippen molar-refractivity contribution < 1.29 is 9.42 Å². The van der Waals surface area contributed by atoms with Gasteiger partial charge >= 0.3 is 0 Å². The minimum absolute atomic E-state index is 0.184. The fraction of sp³-hybridized carbons (Fsp3) is 0.0588. The molecule has 0 saturated carbocycles. The third-order valence-corrected chi connectivity index (χ3v) is 4.17. The van der Waals surface area contributed by atoms with Crippen LogP contribution in [0.15, 0.2) is 53.2 Å². The number of nitrogens with one attached hydrogen (secondary N) is 1. The third kappa shape index (κ3) is 2.64. The molecule has 2 aromatic heterocycles. The molecule has 124 valence electrons. The first-order valence-corrected chi connectivity index (χ1v) is 7.83. The van der Waals surface area contributed by atoms with Crippen LogP contribution in [0.4, 0.5) is 5.82 Å². The molecule has 25 heavy (non-hydrogen) atoms. The summed E-state index contributed by atoms with van der Waals surface area (Å²) in [4.78, 5) is 17.0. The second-order valence-corrected chi connectivity index (χ2v) is 5.79. The summed E-state index contributed by atoms with van der Waals surface area (Å²) in [6, 6.07) is 14.4. The summed E-state index contributed by atoms with van der Waals surface area (Å²) in [7, 11) is 1.86. The summed E-state index contributed by atoms with van der Waals surface area (Å²) in [5.74, 6) is 0.321. The van der Waals surface area contributed by atoms with Gasteiger partial charge < -0.3 is 9.88 Å². The lowest BCUT2D eigenvalue weighted by Crippen LogP contribution is -2.13. The van der Waals surface area contributed by atoms with E-state index in [-0.39, 0.29) is 5.82 Å². The normalized spacial score (nSPS) is 11.0. The monoisotopic (exact) mass is 353 g/mol. The standard InChI is InChI=1S/C17H12ClN5O2/c1-23-13-9-5-4-8-12(13)19-16(23)14-15(22-25-21-14)20-17(24)10-6-2-3-7-11(10)18/h2-9H,1H3,(H,20,22,24). The first kappa shape index (κ1) is 15.3. The lowest BCUT2D eigenvalue weighted by molar-refractivity contribution is 0.102.